The third kappa shape index (κ3) is 4.12. The Morgan fingerprint density at radius 1 is 1.40 bits per heavy atom. The van der Waals surface area contributed by atoms with Crippen molar-refractivity contribution in [1.82, 2.24) is 5.32 Å². The largest absolute Gasteiger partial charge is 0.389 e. The van der Waals surface area contributed by atoms with Crippen LogP contribution in [0.3, 0.4) is 0 Å². The van der Waals surface area contributed by atoms with Crippen molar-refractivity contribution >= 4 is 0 Å². The summed E-state index contributed by atoms with van der Waals surface area (Å²) in [5.41, 5.74) is -0.430. The molecule has 1 rings (SSSR count). The van der Waals surface area contributed by atoms with Gasteiger partial charge in [0, 0.05) is 12.6 Å². The van der Waals surface area contributed by atoms with Gasteiger partial charge < -0.3 is 10.4 Å². The molecule has 0 heterocycles. The van der Waals surface area contributed by atoms with Gasteiger partial charge >= 0.3 is 0 Å². The molecule has 0 bridgehead atoms. The fourth-order valence-electron chi connectivity index (χ4n) is 2.70. The summed E-state index contributed by atoms with van der Waals surface area (Å²) in [7, 11) is 0. The summed E-state index contributed by atoms with van der Waals surface area (Å²) in [4.78, 5) is 0. The average molecular weight is 213 g/mol. The van der Waals surface area contributed by atoms with Crippen LogP contribution in [0.1, 0.15) is 59.3 Å². The highest BCUT2D eigenvalue weighted by Gasteiger charge is 2.32. The Bertz CT molecular complexity index is 179. The van der Waals surface area contributed by atoms with Crippen molar-refractivity contribution in [3.63, 3.8) is 0 Å². The zero-order valence-electron chi connectivity index (χ0n) is 10.6. The van der Waals surface area contributed by atoms with E-state index < -0.39 is 5.60 Å². The van der Waals surface area contributed by atoms with E-state index in [2.05, 4.69) is 26.1 Å². The maximum Gasteiger partial charge on any atom is 0.0774 e. The predicted octanol–water partition coefficient (Wildman–Crippen LogP) is 2.71. The van der Waals surface area contributed by atoms with Crippen LogP contribution < -0.4 is 5.32 Å². The molecule has 0 aromatic rings. The summed E-state index contributed by atoms with van der Waals surface area (Å²) in [6, 6.07) is 0.575. The lowest BCUT2D eigenvalue weighted by Crippen LogP contribution is -2.46. The van der Waals surface area contributed by atoms with Gasteiger partial charge in [-0.15, -0.1) is 0 Å². The lowest BCUT2D eigenvalue weighted by atomic mass is 9.79. The molecule has 0 aliphatic heterocycles. The Kier molecular flexibility index (Phi) is 5.07. The third-order valence-corrected chi connectivity index (χ3v) is 3.77. The highest BCUT2D eigenvalue weighted by molar-refractivity contribution is 4.87. The van der Waals surface area contributed by atoms with Gasteiger partial charge in [-0.3, -0.25) is 0 Å². The SMILES string of the molecule is CCC(CC)NCC1(O)CCCC(C)C1. The summed E-state index contributed by atoms with van der Waals surface area (Å²) in [5, 5.41) is 13.9. The second kappa shape index (κ2) is 5.86. The van der Waals surface area contributed by atoms with Crippen LogP contribution in [0, 0.1) is 5.92 Å². The van der Waals surface area contributed by atoms with Gasteiger partial charge in [-0.05, 0) is 31.6 Å². The average Bonchev–Trinajstić information content (AvgIpc) is 2.19. The molecule has 2 unspecified atom stereocenters. The van der Waals surface area contributed by atoms with Gasteiger partial charge in [0.05, 0.1) is 5.60 Å². The highest BCUT2D eigenvalue weighted by Crippen LogP contribution is 2.31. The van der Waals surface area contributed by atoms with Crippen molar-refractivity contribution in [3.8, 4) is 0 Å². The van der Waals surface area contributed by atoms with Crippen LogP contribution in [0.2, 0.25) is 0 Å². The van der Waals surface area contributed by atoms with Crippen LogP contribution in [0.5, 0.6) is 0 Å². The Morgan fingerprint density at radius 2 is 2.07 bits per heavy atom. The van der Waals surface area contributed by atoms with E-state index in [1.807, 2.05) is 0 Å². The molecule has 15 heavy (non-hydrogen) atoms. The first-order valence-corrected chi connectivity index (χ1v) is 6.55. The van der Waals surface area contributed by atoms with Crippen molar-refractivity contribution < 1.29 is 5.11 Å². The minimum atomic E-state index is -0.430. The van der Waals surface area contributed by atoms with Crippen LogP contribution in [0.15, 0.2) is 0 Å². The predicted molar refractivity (Wildman–Crippen MR) is 65.0 cm³/mol. The van der Waals surface area contributed by atoms with Gasteiger partial charge in [-0.2, -0.15) is 0 Å². The molecule has 1 aliphatic rings. The van der Waals surface area contributed by atoms with Crippen LogP contribution >= 0.6 is 0 Å². The molecule has 0 saturated heterocycles. The Labute approximate surface area is 94.5 Å². The van der Waals surface area contributed by atoms with E-state index >= 15 is 0 Å². The van der Waals surface area contributed by atoms with Crippen molar-refractivity contribution in [1.29, 1.82) is 0 Å². The maximum absolute atomic E-state index is 10.4. The molecule has 1 saturated carbocycles. The minimum Gasteiger partial charge on any atom is -0.389 e. The standard InChI is InChI=1S/C13H27NO/c1-4-12(5-2)14-10-13(15)8-6-7-11(3)9-13/h11-12,14-15H,4-10H2,1-3H3. The van der Waals surface area contributed by atoms with E-state index in [4.69, 9.17) is 0 Å². The monoisotopic (exact) mass is 213 g/mol. The summed E-state index contributed by atoms with van der Waals surface area (Å²) < 4.78 is 0. The molecule has 0 amide bonds. The molecule has 0 spiro atoms. The van der Waals surface area contributed by atoms with Crippen LogP contribution in [0.25, 0.3) is 0 Å². The zero-order valence-corrected chi connectivity index (χ0v) is 10.6. The number of hydrogen-bond acceptors (Lipinski definition) is 2. The first kappa shape index (κ1) is 13.0. The van der Waals surface area contributed by atoms with Gasteiger partial charge in [0.15, 0.2) is 0 Å². The highest BCUT2D eigenvalue weighted by atomic mass is 16.3. The quantitative estimate of drug-likeness (QED) is 0.736. The van der Waals surface area contributed by atoms with E-state index in [-0.39, 0.29) is 0 Å². The molecule has 0 radical (unpaired) electrons. The van der Waals surface area contributed by atoms with Crippen molar-refractivity contribution in [2.75, 3.05) is 6.54 Å². The van der Waals surface area contributed by atoms with E-state index in [1.165, 1.54) is 12.8 Å². The molecule has 2 N–H and O–H groups in total. The van der Waals surface area contributed by atoms with Gasteiger partial charge in [0.1, 0.15) is 0 Å². The molecule has 2 atom stereocenters. The lowest BCUT2D eigenvalue weighted by molar-refractivity contribution is -0.0138. The summed E-state index contributed by atoms with van der Waals surface area (Å²) in [6.45, 7) is 7.44. The molecule has 0 aromatic carbocycles. The molecule has 1 aliphatic carbocycles. The Hall–Kier alpha value is -0.0800. The van der Waals surface area contributed by atoms with E-state index in [1.54, 1.807) is 0 Å². The van der Waals surface area contributed by atoms with Crippen LogP contribution in [0.4, 0.5) is 0 Å². The van der Waals surface area contributed by atoms with Gasteiger partial charge in [0.25, 0.3) is 0 Å². The van der Waals surface area contributed by atoms with Crippen LogP contribution in [-0.2, 0) is 0 Å². The second-order valence-corrected chi connectivity index (χ2v) is 5.32. The third-order valence-electron chi connectivity index (χ3n) is 3.77. The molecular formula is C13H27NO. The fraction of sp³-hybridized carbons (Fsp3) is 1.00. The molecule has 2 nitrogen and oxygen atoms in total. The van der Waals surface area contributed by atoms with Gasteiger partial charge in [0.2, 0.25) is 0 Å². The molecule has 90 valence electrons. The van der Waals surface area contributed by atoms with Crippen molar-refractivity contribution in [3.05, 3.63) is 0 Å². The first-order valence-electron chi connectivity index (χ1n) is 6.55. The second-order valence-electron chi connectivity index (χ2n) is 5.32. The van der Waals surface area contributed by atoms with Gasteiger partial charge in [-0.1, -0.05) is 33.6 Å². The van der Waals surface area contributed by atoms with E-state index in [9.17, 15) is 5.11 Å². The topological polar surface area (TPSA) is 32.3 Å². The minimum absolute atomic E-state index is 0.430. The molecule has 2 heteroatoms. The Balaban J connectivity index is 2.35. The molecule has 0 aromatic heterocycles. The molecular weight excluding hydrogens is 186 g/mol. The zero-order chi connectivity index (χ0) is 11.3. The van der Waals surface area contributed by atoms with E-state index in [0.717, 1.165) is 32.2 Å². The fourth-order valence-corrected chi connectivity index (χ4v) is 2.70. The smallest absolute Gasteiger partial charge is 0.0774 e. The molecule has 1 fully saturated rings. The normalized spacial score (nSPS) is 32.2. The van der Waals surface area contributed by atoms with E-state index in [0.29, 0.717) is 12.0 Å². The first-order chi connectivity index (χ1) is 7.09. The number of nitrogens with one attached hydrogen (secondary N) is 1. The summed E-state index contributed by atoms with van der Waals surface area (Å²) >= 11 is 0. The summed E-state index contributed by atoms with van der Waals surface area (Å²) in [5.74, 6) is 0.687. The Morgan fingerprint density at radius 3 is 2.60 bits per heavy atom. The number of rotatable bonds is 5. The van der Waals surface area contributed by atoms with Gasteiger partial charge in [-0.25, -0.2) is 0 Å². The lowest BCUT2D eigenvalue weighted by Gasteiger charge is -2.36. The van der Waals surface area contributed by atoms with Crippen molar-refractivity contribution in [2.24, 2.45) is 5.92 Å². The number of hydrogen-bond donors (Lipinski definition) is 2. The maximum atomic E-state index is 10.4. The van der Waals surface area contributed by atoms with Crippen molar-refractivity contribution in [2.45, 2.75) is 70.9 Å². The summed E-state index contributed by atoms with van der Waals surface area (Å²) in [6.07, 6.45) is 6.73. The number of aliphatic hydroxyl groups is 1. The van der Waals surface area contributed by atoms with Crippen LogP contribution in [-0.4, -0.2) is 23.3 Å².